The summed E-state index contributed by atoms with van der Waals surface area (Å²) < 4.78 is 27.7. The van der Waals surface area contributed by atoms with Crippen LogP contribution in [0.15, 0.2) is 36.5 Å². The van der Waals surface area contributed by atoms with Gasteiger partial charge in [0.05, 0.1) is 5.02 Å². The SMILES string of the molecule is CC1CCC(C)N1C(=O)[C@H](Cc1ccc(F)cc1F)NC(=O)c1cc2cc(Cl)cnc2[nH]1. The molecule has 1 aromatic carbocycles. The fraction of sp³-hybridized carbons (Fsp3) is 0.348. The van der Waals surface area contributed by atoms with E-state index in [2.05, 4.69) is 15.3 Å². The Morgan fingerprint density at radius 2 is 1.94 bits per heavy atom. The van der Waals surface area contributed by atoms with Crippen LogP contribution >= 0.6 is 11.6 Å². The van der Waals surface area contributed by atoms with E-state index in [0.717, 1.165) is 25.0 Å². The van der Waals surface area contributed by atoms with Crippen LogP contribution in [0, 0.1) is 11.6 Å². The number of hydrogen-bond acceptors (Lipinski definition) is 3. The third-order valence-electron chi connectivity index (χ3n) is 5.93. The third kappa shape index (κ3) is 4.46. The number of carbonyl (C=O) groups is 2. The van der Waals surface area contributed by atoms with Crippen LogP contribution in [0.5, 0.6) is 0 Å². The lowest BCUT2D eigenvalue weighted by Gasteiger charge is -2.31. The Kier molecular flexibility index (Phi) is 6.15. The Morgan fingerprint density at radius 3 is 2.62 bits per heavy atom. The number of amides is 2. The second kappa shape index (κ2) is 8.86. The number of nitrogens with one attached hydrogen (secondary N) is 2. The quantitative estimate of drug-likeness (QED) is 0.598. The lowest BCUT2D eigenvalue weighted by Crippen LogP contribution is -2.52. The molecule has 1 aliphatic rings. The topological polar surface area (TPSA) is 78.1 Å². The van der Waals surface area contributed by atoms with Gasteiger partial charge in [0.2, 0.25) is 5.91 Å². The molecule has 1 aliphatic heterocycles. The van der Waals surface area contributed by atoms with E-state index in [0.29, 0.717) is 16.1 Å². The number of likely N-dealkylation sites (tertiary alicyclic amines) is 1. The number of aromatic amines is 1. The van der Waals surface area contributed by atoms with Crippen molar-refractivity contribution >= 4 is 34.4 Å². The number of rotatable bonds is 5. The molecule has 3 heterocycles. The van der Waals surface area contributed by atoms with Crippen molar-refractivity contribution in [2.75, 3.05) is 0 Å². The fourth-order valence-electron chi connectivity index (χ4n) is 4.26. The molecule has 4 rings (SSSR count). The van der Waals surface area contributed by atoms with Crippen LogP contribution in [0.2, 0.25) is 5.02 Å². The Hall–Kier alpha value is -3.00. The molecular formula is C23H23ClF2N4O2. The second-order valence-corrected chi connectivity index (χ2v) is 8.70. The normalized spacial score (nSPS) is 19.3. The largest absolute Gasteiger partial charge is 0.339 e. The monoisotopic (exact) mass is 460 g/mol. The number of pyridine rings is 1. The van der Waals surface area contributed by atoms with E-state index in [1.807, 2.05) is 13.8 Å². The van der Waals surface area contributed by atoms with Gasteiger partial charge in [0.15, 0.2) is 0 Å². The first kappa shape index (κ1) is 22.2. The van der Waals surface area contributed by atoms with Crippen LogP contribution in [-0.2, 0) is 11.2 Å². The zero-order chi connectivity index (χ0) is 23.0. The molecular weight excluding hydrogens is 438 g/mol. The molecule has 9 heteroatoms. The number of hydrogen-bond donors (Lipinski definition) is 2. The van der Waals surface area contributed by atoms with E-state index in [9.17, 15) is 18.4 Å². The second-order valence-electron chi connectivity index (χ2n) is 8.26. The van der Waals surface area contributed by atoms with Crippen molar-refractivity contribution in [2.24, 2.45) is 0 Å². The summed E-state index contributed by atoms with van der Waals surface area (Å²) in [5, 5.41) is 3.82. The number of nitrogens with zero attached hydrogens (tertiary/aromatic N) is 2. The molecule has 0 aliphatic carbocycles. The average Bonchev–Trinajstić information content (AvgIpc) is 3.31. The molecule has 6 nitrogen and oxygen atoms in total. The molecule has 1 fully saturated rings. The van der Waals surface area contributed by atoms with Crippen molar-refractivity contribution in [2.45, 2.75) is 51.2 Å². The minimum atomic E-state index is -1.02. The van der Waals surface area contributed by atoms with Crippen LogP contribution in [0.25, 0.3) is 11.0 Å². The standard InChI is InChI=1S/C23H23ClF2N4O2/c1-12-3-4-13(2)30(12)23(32)20(8-14-5-6-17(25)10-18(14)26)29-22(31)19-9-15-7-16(24)11-27-21(15)28-19/h5-7,9-13,20H,3-4,8H2,1-2H3,(H,27,28)(H,29,31)/t12?,13?,20-/m0/s1. The minimum absolute atomic E-state index is 0.00869. The van der Waals surface area contributed by atoms with E-state index in [-0.39, 0.29) is 35.7 Å². The van der Waals surface area contributed by atoms with Gasteiger partial charge in [-0.15, -0.1) is 0 Å². The van der Waals surface area contributed by atoms with Crippen molar-refractivity contribution in [1.29, 1.82) is 0 Å². The molecule has 2 unspecified atom stereocenters. The molecule has 0 saturated carbocycles. The van der Waals surface area contributed by atoms with Crippen LogP contribution < -0.4 is 5.32 Å². The predicted octanol–water partition coefficient (Wildman–Crippen LogP) is 4.24. The van der Waals surface area contributed by atoms with E-state index >= 15 is 0 Å². The summed E-state index contributed by atoms with van der Waals surface area (Å²) in [6.07, 6.45) is 3.07. The zero-order valence-corrected chi connectivity index (χ0v) is 18.4. The van der Waals surface area contributed by atoms with Crippen molar-refractivity contribution in [3.05, 3.63) is 64.4 Å². The first-order valence-corrected chi connectivity index (χ1v) is 10.8. The number of halogens is 3. The highest BCUT2D eigenvalue weighted by molar-refractivity contribution is 6.31. The van der Waals surface area contributed by atoms with Gasteiger partial charge >= 0.3 is 0 Å². The maximum absolute atomic E-state index is 14.3. The molecule has 0 bridgehead atoms. The van der Waals surface area contributed by atoms with Crippen molar-refractivity contribution in [3.63, 3.8) is 0 Å². The van der Waals surface area contributed by atoms with E-state index in [1.165, 1.54) is 12.3 Å². The van der Waals surface area contributed by atoms with Crippen LogP contribution in [0.1, 0.15) is 42.7 Å². The number of aromatic nitrogens is 2. The molecule has 2 N–H and O–H groups in total. The number of fused-ring (bicyclic) bond motifs is 1. The van der Waals surface area contributed by atoms with Gasteiger partial charge in [0, 0.05) is 36.2 Å². The highest BCUT2D eigenvalue weighted by Crippen LogP contribution is 2.25. The van der Waals surface area contributed by atoms with E-state index in [1.54, 1.807) is 17.0 Å². The summed E-state index contributed by atoms with van der Waals surface area (Å²) in [5.41, 5.74) is 0.832. The summed E-state index contributed by atoms with van der Waals surface area (Å²) in [4.78, 5) is 35.2. The summed E-state index contributed by atoms with van der Waals surface area (Å²) in [7, 11) is 0. The first-order chi connectivity index (χ1) is 15.2. The van der Waals surface area contributed by atoms with Gasteiger partial charge in [-0.1, -0.05) is 17.7 Å². The lowest BCUT2D eigenvalue weighted by molar-refractivity contribution is -0.135. The summed E-state index contributed by atoms with van der Waals surface area (Å²) in [6.45, 7) is 3.90. The van der Waals surface area contributed by atoms with Gasteiger partial charge in [-0.2, -0.15) is 0 Å². The van der Waals surface area contributed by atoms with Crippen molar-refractivity contribution in [3.8, 4) is 0 Å². The lowest BCUT2D eigenvalue weighted by atomic mass is 10.0. The van der Waals surface area contributed by atoms with Crippen LogP contribution in [0.3, 0.4) is 0 Å². The Bertz CT molecular complexity index is 1170. The molecule has 32 heavy (non-hydrogen) atoms. The van der Waals surface area contributed by atoms with Crippen LogP contribution in [0.4, 0.5) is 8.78 Å². The van der Waals surface area contributed by atoms with Gasteiger partial charge in [-0.05, 0) is 50.5 Å². The van der Waals surface area contributed by atoms with Gasteiger partial charge in [-0.3, -0.25) is 9.59 Å². The first-order valence-electron chi connectivity index (χ1n) is 10.4. The maximum atomic E-state index is 14.3. The Morgan fingerprint density at radius 1 is 1.22 bits per heavy atom. The summed E-state index contributed by atoms with van der Waals surface area (Å²) in [5.74, 6) is -2.29. The van der Waals surface area contributed by atoms with Gasteiger partial charge in [0.25, 0.3) is 5.91 Å². The maximum Gasteiger partial charge on any atom is 0.268 e. The number of benzene rings is 1. The smallest absolute Gasteiger partial charge is 0.268 e. The summed E-state index contributed by atoms with van der Waals surface area (Å²) in [6, 6.07) is 5.45. The van der Waals surface area contributed by atoms with Gasteiger partial charge < -0.3 is 15.2 Å². The molecule has 0 radical (unpaired) electrons. The highest BCUT2D eigenvalue weighted by atomic mass is 35.5. The van der Waals surface area contributed by atoms with E-state index < -0.39 is 23.6 Å². The highest BCUT2D eigenvalue weighted by Gasteiger charge is 2.36. The van der Waals surface area contributed by atoms with Crippen LogP contribution in [-0.4, -0.2) is 44.8 Å². The Labute approximate surface area is 189 Å². The van der Waals surface area contributed by atoms with Gasteiger partial charge in [0.1, 0.15) is 29.0 Å². The molecule has 2 amide bonds. The van der Waals surface area contributed by atoms with Gasteiger partial charge in [-0.25, -0.2) is 13.8 Å². The zero-order valence-electron chi connectivity index (χ0n) is 17.7. The molecule has 1 saturated heterocycles. The molecule has 0 spiro atoms. The number of H-pyrrole nitrogens is 1. The molecule has 2 aromatic heterocycles. The van der Waals surface area contributed by atoms with E-state index in [4.69, 9.17) is 11.6 Å². The fourth-order valence-corrected chi connectivity index (χ4v) is 4.43. The molecule has 168 valence electrons. The summed E-state index contributed by atoms with van der Waals surface area (Å²) >= 11 is 5.96. The minimum Gasteiger partial charge on any atom is -0.339 e. The number of carbonyl (C=O) groups excluding carboxylic acids is 2. The molecule has 3 aromatic rings. The average molecular weight is 461 g/mol. The van der Waals surface area contributed by atoms with Crippen molar-refractivity contribution in [1.82, 2.24) is 20.2 Å². The Balaban J connectivity index is 1.62. The third-order valence-corrected chi connectivity index (χ3v) is 6.14. The molecule has 3 atom stereocenters. The predicted molar refractivity (Wildman–Crippen MR) is 117 cm³/mol. The van der Waals surface area contributed by atoms with Crippen molar-refractivity contribution < 1.29 is 18.4 Å².